The lowest BCUT2D eigenvalue weighted by atomic mass is 10.00. The summed E-state index contributed by atoms with van der Waals surface area (Å²) in [7, 11) is 0. The highest BCUT2D eigenvalue weighted by atomic mass is 19.1. The second-order valence-corrected chi connectivity index (χ2v) is 7.74. The second kappa shape index (κ2) is 8.55. The van der Waals surface area contributed by atoms with Gasteiger partial charge in [-0.3, -0.25) is 4.99 Å². The number of nitrogens with zero attached hydrogens (tertiary/aromatic N) is 1. The van der Waals surface area contributed by atoms with Crippen molar-refractivity contribution in [3.8, 4) is 0 Å². The SMILES string of the molecule is CC(C)(C)OC(=O)NCC(/N=C\c1ccccc1)C1=C[NH+]([O-])c2cc(F)ccc21. The Balaban J connectivity index is 1.85. The number of benzene rings is 2. The van der Waals surface area contributed by atoms with Crippen LogP contribution in [0.1, 0.15) is 31.9 Å². The monoisotopic (exact) mass is 397 g/mol. The summed E-state index contributed by atoms with van der Waals surface area (Å²) in [6, 6.07) is 13.1. The molecule has 1 heterocycles. The molecule has 2 aromatic rings. The van der Waals surface area contributed by atoms with Crippen LogP contribution in [0.15, 0.2) is 59.7 Å². The van der Waals surface area contributed by atoms with Crippen molar-refractivity contribution >= 4 is 23.6 Å². The van der Waals surface area contributed by atoms with Gasteiger partial charge in [0.05, 0.1) is 6.04 Å². The lowest BCUT2D eigenvalue weighted by Gasteiger charge is -2.21. The largest absolute Gasteiger partial charge is 0.624 e. The van der Waals surface area contributed by atoms with E-state index < -0.39 is 23.6 Å². The highest BCUT2D eigenvalue weighted by Crippen LogP contribution is 2.29. The Morgan fingerprint density at radius 3 is 2.69 bits per heavy atom. The van der Waals surface area contributed by atoms with Gasteiger partial charge in [0.2, 0.25) is 0 Å². The first-order valence-corrected chi connectivity index (χ1v) is 9.34. The van der Waals surface area contributed by atoms with Crippen molar-refractivity contribution in [3.63, 3.8) is 0 Å². The quantitative estimate of drug-likeness (QED) is 0.601. The molecule has 0 bridgehead atoms. The van der Waals surface area contributed by atoms with Gasteiger partial charge in [-0.25, -0.2) is 9.18 Å². The van der Waals surface area contributed by atoms with E-state index in [1.807, 2.05) is 30.3 Å². The van der Waals surface area contributed by atoms with Gasteiger partial charge < -0.3 is 20.3 Å². The lowest BCUT2D eigenvalue weighted by Crippen LogP contribution is -2.95. The zero-order valence-electron chi connectivity index (χ0n) is 16.6. The average molecular weight is 397 g/mol. The van der Waals surface area contributed by atoms with Crippen LogP contribution >= 0.6 is 0 Å². The number of rotatable bonds is 5. The highest BCUT2D eigenvalue weighted by molar-refractivity contribution is 5.84. The number of hydrogen-bond donors (Lipinski definition) is 2. The summed E-state index contributed by atoms with van der Waals surface area (Å²) >= 11 is 0. The first kappa shape index (κ1) is 20.7. The smallest absolute Gasteiger partial charge is 0.407 e. The maximum Gasteiger partial charge on any atom is 0.407 e. The van der Waals surface area contributed by atoms with Crippen LogP contribution < -0.4 is 10.4 Å². The van der Waals surface area contributed by atoms with Crippen molar-refractivity contribution in [3.05, 3.63) is 76.9 Å². The maximum atomic E-state index is 13.6. The molecule has 0 saturated heterocycles. The highest BCUT2D eigenvalue weighted by Gasteiger charge is 2.29. The van der Waals surface area contributed by atoms with Crippen molar-refractivity contribution in [2.45, 2.75) is 32.4 Å². The van der Waals surface area contributed by atoms with Crippen LogP contribution in [0.4, 0.5) is 14.9 Å². The number of hydrogen-bond acceptors (Lipinski definition) is 4. The van der Waals surface area contributed by atoms with Crippen molar-refractivity contribution in [2.24, 2.45) is 4.99 Å². The van der Waals surface area contributed by atoms with Crippen molar-refractivity contribution in [1.29, 1.82) is 0 Å². The third-order valence-electron chi connectivity index (χ3n) is 4.25. The normalized spacial score (nSPS) is 17.0. The molecule has 0 saturated carbocycles. The van der Waals surface area contributed by atoms with Gasteiger partial charge in [0, 0.05) is 30.0 Å². The molecule has 7 heteroatoms. The van der Waals surface area contributed by atoms with Gasteiger partial charge >= 0.3 is 6.09 Å². The fourth-order valence-corrected chi connectivity index (χ4v) is 3.00. The summed E-state index contributed by atoms with van der Waals surface area (Å²) in [5.41, 5.74) is 1.82. The summed E-state index contributed by atoms with van der Waals surface area (Å²) in [5, 5.41) is 14.8. The topological polar surface area (TPSA) is 78.2 Å². The fraction of sp³-hybridized carbons (Fsp3) is 0.273. The molecule has 29 heavy (non-hydrogen) atoms. The molecule has 0 radical (unpaired) electrons. The molecular formula is C22H24FN3O3. The van der Waals surface area contributed by atoms with Crippen molar-refractivity contribution in [2.75, 3.05) is 6.54 Å². The Labute approximate surface area is 169 Å². The molecule has 2 N–H and O–H groups in total. The van der Waals surface area contributed by atoms with E-state index >= 15 is 0 Å². The molecule has 1 amide bonds. The van der Waals surface area contributed by atoms with Crippen LogP contribution in [0.3, 0.4) is 0 Å². The van der Waals surface area contributed by atoms with Crippen LogP contribution in [0.2, 0.25) is 0 Å². The minimum absolute atomic E-state index is 0.133. The first-order valence-electron chi connectivity index (χ1n) is 9.34. The lowest BCUT2D eigenvalue weighted by molar-refractivity contribution is -0.710. The number of hydroxylamine groups is 1. The van der Waals surface area contributed by atoms with Gasteiger partial charge in [-0.2, -0.15) is 0 Å². The molecule has 2 aromatic carbocycles. The molecule has 152 valence electrons. The Hall–Kier alpha value is -3.03. The number of aliphatic imine (C=N–C) groups is 1. The second-order valence-electron chi connectivity index (χ2n) is 7.74. The number of carbonyl (C=O) groups is 1. The molecule has 2 unspecified atom stereocenters. The van der Waals surface area contributed by atoms with E-state index in [4.69, 9.17) is 4.74 Å². The molecule has 6 nitrogen and oxygen atoms in total. The van der Waals surface area contributed by atoms with Crippen LogP contribution in [0.25, 0.3) is 5.57 Å². The molecule has 0 fully saturated rings. The molecule has 0 spiro atoms. The summed E-state index contributed by atoms with van der Waals surface area (Å²) in [4.78, 5) is 16.7. The molecule has 3 rings (SSSR count). The number of nitrogens with one attached hydrogen (secondary N) is 2. The number of halogens is 1. The van der Waals surface area contributed by atoms with Crippen molar-refractivity contribution < 1.29 is 19.0 Å². The van der Waals surface area contributed by atoms with E-state index in [2.05, 4.69) is 10.3 Å². The van der Waals surface area contributed by atoms with E-state index in [1.165, 1.54) is 18.3 Å². The van der Waals surface area contributed by atoms with Gasteiger partial charge in [0.15, 0.2) is 0 Å². The third-order valence-corrected chi connectivity index (χ3v) is 4.25. The number of ether oxygens (including phenoxy) is 1. The number of alkyl carbamates (subject to hydrolysis) is 1. The van der Waals surface area contributed by atoms with E-state index in [0.29, 0.717) is 16.8 Å². The minimum atomic E-state index is -0.625. The van der Waals surface area contributed by atoms with Crippen molar-refractivity contribution in [1.82, 2.24) is 5.32 Å². The predicted molar refractivity (Wildman–Crippen MR) is 110 cm³/mol. The molecular weight excluding hydrogens is 373 g/mol. The van der Waals surface area contributed by atoms with Gasteiger partial charge in [-0.05, 0) is 38.5 Å². The number of amides is 1. The molecule has 0 aliphatic carbocycles. The first-order chi connectivity index (χ1) is 13.7. The summed E-state index contributed by atoms with van der Waals surface area (Å²) in [5.74, 6) is -0.469. The fourth-order valence-electron chi connectivity index (χ4n) is 3.00. The Morgan fingerprint density at radius 1 is 1.28 bits per heavy atom. The van der Waals surface area contributed by atoms with Gasteiger partial charge in [-0.15, -0.1) is 0 Å². The third kappa shape index (κ3) is 5.49. The average Bonchev–Trinajstić information content (AvgIpc) is 2.97. The van der Waals surface area contributed by atoms with Crippen LogP contribution in [-0.2, 0) is 4.74 Å². The number of quaternary nitrogens is 1. The van der Waals surface area contributed by atoms with Gasteiger partial charge in [0.25, 0.3) is 0 Å². The van der Waals surface area contributed by atoms with Crippen LogP contribution in [0.5, 0.6) is 0 Å². The Kier molecular flexibility index (Phi) is 6.10. The number of carbonyl (C=O) groups excluding carboxylic acids is 1. The van der Waals surface area contributed by atoms with Gasteiger partial charge in [0.1, 0.15) is 23.3 Å². The van der Waals surface area contributed by atoms with Gasteiger partial charge in [-0.1, -0.05) is 30.3 Å². The Bertz CT molecular complexity index is 936. The van der Waals surface area contributed by atoms with E-state index in [0.717, 1.165) is 5.56 Å². The van der Waals surface area contributed by atoms with E-state index in [1.54, 1.807) is 33.1 Å². The maximum absolute atomic E-state index is 13.6. The van der Waals surface area contributed by atoms with Crippen LogP contribution in [0, 0.1) is 11.0 Å². The summed E-state index contributed by atoms with van der Waals surface area (Å²) < 4.78 is 18.8. The molecule has 2 atom stereocenters. The predicted octanol–water partition coefficient (Wildman–Crippen LogP) is 3.21. The van der Waals surface area contributed by atoms with Crippen LogP contribution in [-0.4, -0.2) is 30.5 Å². The Morgan fingerprint density at radius 2 is 2.00 bits per heavy atom. The molecule has 1 aliphatic heterocycles. The zero-order chi connectivity index (χ0) is 21.0. The summed E-state index contributed by atoms with van der Waals surface area (Å²) in [6.07, 6.45) is 2.57. The van der Waals surface area contributed by atoms with E-state index in [9.17, 15) is 14.4 Å². The molecule has 1 aliphatic rings. The summed E-state index contributed by atoms with van der Waals surface area (Å²) in [6.45, 7) is 5.47. The standard InChI is InChI=1S/C22H24FN3O3/c1-22(2,3)29-21(27)25-13-19(24-12-15-7-5-4-6-8-15)18-14-26(28)20-11-16(23)9-10-17(18)20/h4-12,14,19,26H,13H2,1-3H3,(H,25,27)/b24-12-. The number of fused-ring (bicyclic) bond motifs is 1. The zero-order valence-corrected chi connectivity index (χ0v) is 16.6. The minimum Gasteiger partial charge on any atom is -0.624 e. The van der Waals surface area contributed by atoms with E-state index in [-0.39, 0.29) is 11.6 Å². The molecule has 0 aromatic heterocycles.